The van der Waals surface area contributed by atoms with E-state index >= 15 is 0 Å². The lowest BCUT2D eigenvalue weighted by molar-refractivity contribution is 0.198. The number of nitrogens with zero attached hydrogens (tertiary/aromatic N) is 1. The third-order valence-electron chi connectivity index (χ3n) is 3.89. The van der Waals surface area contributed by atoms with Crippen LogP contribution < -0.4 is 10.0 Å². The largest absolute Gasteiger partial charge is 0.385 e. The number of methoxy groups -OCH3 is 1. The van der Waals surface area contributed by atoms with Gasteiger partial charge in [0.25, 0.3) is 10.0 Å². The molecule has 0 aliphatic carbocycles. The minimum Gasteiger partial charge on any atom is -0.385 e. The van der Waals surface area contributed by atoms with Crippen LogP contribution in [0.1, 0.15) is 32.8 Å². The van der Waals surface area contributed by atoms with Gasteiger partial charge in [0, 0.05) is 20.3 Å². The van der Waals surface area contributed by atoms with Gasteiger partial charge in [-0.25, -0.2) is 13.4 Å². The summed E-state index contributed by atoms with van der Waals surface area (Å²) >= 11 is 0. The van der Waals surface area contributed by atoms with Crippen LogP contribution in [0.5, 0.6) is 0 Å². The molecule has 0 amide bonds. The summed E-state index contributed by atoms with van der Waals surface area (Å²) in [6, 6.07) is 10.4. The number of ether oxygens (including phenoxy) is 1. The first-order chi connectivity index (χ1) is 12.2. The number of hydrogen-bond donors (Lipinski definition) is 2. The van der Waals surface area contributed by atoms with E-state index in [9.17, 15) is 8.42 Å². The molecule has 7 heteroatoms. The van der Waals surface area contributed by atoms with Crippen molar-refractivity contribution in [2.75, 3.05) is 30.3 Å². The third-order valence-corrected chi connectivity index (χ3v) is 5.26. The van der Waals surface area contributed by atoms with Crippen molar-refractivity contribution in [2.24, 2.45) is 0 Å². The minimum absolute atomic E-state index is 0.0244. The van der Waals surface area contributed by atoms with Crippen LogP contribution in [0, 0.1) is 0 Å². The van der Waals surface area contributed by atoms with Gasteiger partial charge in [0.1, 0.15) is 5.82 Å². The molecule has 2 aromatic rings. The monoisotopic (exact) mass is 377 g/mol. The van der Waals surface area contributed by atoms with E-state index < -0.39 is 10.0 Å². The van der Waals surface area contributed by atoms with Crippen molar-refractivity contribution in [3.05, 3.63) is 48.2 Å². The van der Waals surface area contributed by atoms with E-state index in [-0.39, 0.29) is 16.1 Å². The van der Waals surface area contributed by atoms with Gasteiger partial charge < -0.3 is 10.1 Å². The highest BCUT2D eigenvalue weighted by molar-refractivity contribution is 7.92. The Balaban J connectivity index is 2.02. The molecule has 1 aromatic carbocycles. The van der Waals surface area contributed by atoms with Crippen molar-refractivity contribution < 1.29 is 13.2 Å². The zero-order chi connectivity index (χ0) is 19.2. The van der Waals surface area contributed by atoms with Gasteiger partial charge >= 0.3 is 0 Å². The Morgan fingerprint density at radius 3 is 2.31 bits per heavy atom. The third kappa shape index (κ3) is 5.71. The van der Waals surface area contributed by atoms with Gasteiger partial charge in [-0.3, -0.25) is 4.72 Å². The molecular formula is C19H27N3O3S. The molecule has 0 bridgehead atoms. The lowest BCUT2D eigenvalue weighted by atomic mass is 9.87. The summed E-state index contributed by atoms with van der Waals surface area (Å²) in [4.78, 5) is 4.38. The molecule has 0 aliphatic rings. The van der Waals surface area contributed by atoms with E-state index in [0.717, 1.165) is 24.2 Å². The maximum absolute atomic E-state index is 12.5. The summed E-state index contributed by atoms with van der Waals surface area (Å²) in [6.07, 6.45) is 2.49. The molecule has 0 unspecified atom stereocenters. The van der Waals surface area contributed by atoms with Gasteiger partial charge in [-0.2, -0.15) is 0 Å². The molecule has 1 heterocycles. The van der Waals surface area contributed by atoms with Gasteiger partial charge in [0.2, 0.25) is 0 Å². The van der Waals surface area contributed by atoms with Gasteiger partial charge in [0.05, 0.1) is 16.8 Å². The second kappa shape index (κ2) is 8.51. The highest BCUT2D eigenvalue weighted by atomic mass is 32.2. The molecule has 2 rings (SSSR count). The van der Waals surface area contributed by atoms with Crippen molar-refractivity contribution in [2.45, 2.75) is 37.5 Å². The molecule has 2 N–H and O–H groups in total. The van der Waals surface area contributed by atoms with Crippen LogP contribution in [0.2, 0.25) is 0 Å². The molecule has 0 saturated carbocycles. The minimum atomic E-state index is -3.66. The van der Waals surface area contributed by atoms with Gasteiger partial charge in [-0.05, 0) is 41.7 Å². The number of aromatic nitrogens is 1. The predicted octanol–water partition coefficient (Wildman–Crippen LogP) is 3.63. The number of anilines is 2. The van der Waals surface area contributed by atoms with Crippen molar-refractivity contribution in [1.82, 2.24) is 4.98 Å². The molecular weight excluding hydrogens is 350 g/mol. The van der Waals surface area contributed by atoms with E-state index in [2.05, 4.69) is 35.8 Å². The summed E-state index contributed by atoms with van der Waals surface area (Å²) in [5.41, 5.74) is 1.89. The molecule has 6 nitrogen and oxygen atoms in total. The van der Waals surface area contributed by atoms with E-state index in [1.807, 2.05) is 12.1 Å². The molecule has 1 aromatic heterocycles. The zero-order valence-electron chi connectivity index (χ0n) is 15.7. The molecule has 26 heavy (non-hydrogen) atoms. The number of rotatable bonds is 8. The number of benzene rings is 1. The van der Waals surface area contributed by atoms with Gasteiger partial charge in [-0.15, -0.1) is 0 Å². The molecule has 0 saturated heterocycles. The van der Waals surface area contributed by atoms with Crippen molar-refractivity contribution in [1.29, 1.82) is 0 Å². The number of sulfonamides is 1. The maximum Gasteiger partial charge on any atom is 0.263 e. The van der Waals surface area contributed by atoms with Crippen LogP contribution in [0.15, 0.2) is 47.5 Å². The van der Waals surface area contributed by atoms with Crippen molar-refractivity contribution in [3.63, 3.8) is 0 Å². The van der Waals surface area contributed by atoms with Crippen LogP contribution in [0.4, 0.5) is 11.5 Å². The Labute approximate surface area is 156 Å². The molecule has 0 radical (unpaired) electrons. The fourth-order valence-corrected chi connectivity index (χ4v) is 3.35. The van der Waals surface area contributed by atoms with Crippen LogP contribution in [0.3, 0.4) is 0 Å². The van der Waals surface area contributed by atoms with E-state index in [4.69, 9.17) is 4.74 Å². The molecule has 0 atom stereocenters. The van der Waals surface area contributed by atoms with Crippen LogP contribution in [-0.4, -0.2) is 33.7 Å². The van der Waals surface area contributed by atoms with E-state index in [1.54, 1.807) is 37.6 Å². The second-order valence-corrected chi connectivity index (χ2v) is 8.77. The van der Waals surface area contributed by atoms with E-state index in [0.29, 0.717) is 6.61 Å². The lowest BCUT2D eigenvalue weighted by Crippen LogP contribution is -2.15. The highest BCUT2D eigenvalue weighted by Crippen LogP contribution is 2.24. The summed E-state index contributed by atoms with van der Waals surface area (Å²) in [6.45, 7) is 7.71. The first-order valence-corrected chi connectivity index (χ1v) is 10.0. The summed E-state index contributed by atoms with van der Waals surface area (Å²) in [5.74, 6) is 0.285. The SMILES string of the molecule is COCCCNc1ccc(NS(=O)(=O)c2ccc(C(C)(C)C)cc2)nc1. The zero-order valence-corrected chi connectivity index (χ0v) is 16.6. The topological polar surface area (TPSA) is 80.3 Å². The molecule has 0 aliphatic heterocycles. The van der Waals surface area contributed by atoms with E-state index in [1.165, 1.54) is 0 Å². The first-order valence-electron chi connectivity index (χ1n) is 8.54. The highest BCUT2D eigenvalue weighted by Gasteiger charge is 2.18. The summed E-state index contributed by atoms with van der Waals surface area (Å²) in [5, 5.41) is 3.20. The summed E-state index contributed by atoms with van der Waals surface area (Å²) < 4.78 is 32.5. The number of hydrogen-bond acceptors (Lipinski definition) is 5. The lowest BCUT2D eigenvalue weighted by Gasteiger charge is -2.19. The number of pyridine rings is 1. The van der Waals surface area contributed by atoms with Crippen molar-refractivity contribution >= 4 is 21.5 Å². The first kappa shape index (κ1) is 20.2. The quantitative estimate of drug-likeness (QED) is 0.687. The molecule has 0 fully saturated rings. The normalized spacial score (nSPS) is 12.0. The Morgan fingerprint density at radius 2 is 1.77 bits per heavy atom. The summed E-state index contributed by atoms with van der Waals surface area (Å²) in [7, 11) is -2.00. The molecule has 142 valence electrons. The second-order valence-electron chi connectivity index (χ2n) is 7.09. The number of nitrogens with one attached hydrogen (secondary N) is 2. The Kier molecular flexibility index (Phi) is 6.61. The standard InChI is InChI=1S/C19H27N3O3S/c1-19(2,3)15-6-9-17(10-7-15)26(23,24)22-18-11-8-16(14-21-18)20-12-5-13-25-4/h6-11,14,20H,5,12-13H2,1-4H3,(H,21,22). The average molecular weight is 378 g/mol. The van der Waals surface area contributed by atoms with Crippen molar-refractivity contribution in [3.8, 4) is 0 Å². The smallest absolute Gasteiger partial charge is 0.263 e. The molecule has 0 spiro atoms. The Bertz CT molecular complexity index is 795. The van der Waals surface area contributed by atoms with Gasteiger partial charge in [-0.1, -0.05) is 32.9 Å². The maximum atomic E-state index is 12.5. The van der Waals surface area contributed by atoms with Crippen LogP contribution >= 0.6 is 0 Å². The Hall–Kier alpha value is -2.12. The van der Waals surface area contributed by atoms with Crippen LogP contribution in [0.25, 0.3) is 0 Å². The predicted molar refractivity (Wildman–Crippen MR) is 105 cm³/mol. The van der Waals surface area contributed by atoms with Crippen LogP contribution in [-0.2, 0) is 20.2 Å². The fourth-order valence-electron chi connectivity index (χ4n) is 2.34. The Morgan fingerprint density at radius 1 is 1.08 bits per heavy atom. The van der Waals surface area contributed by atoms with Gasteiger partial charge in [0.15, 0.2) is 0 Å². The fraction of sp³-hybridized carbons (Fsp3) is 0.421. The average Bonchev–Trinajstić information content (AvgIpc) is 2.59.